The van der Waals surface area contributed by atoms with E-state index >= 15 is 0 Å². The first kappa shape index (κ1) is 16.1. The molecule has 1 amide bonds. The van der Waals surface area contributed by atoms with Gasteiger partial charge in [0.2, 0.25) is 0 Å². The van der Waals surface area contributed by atoms with Gasteiger partial charge >= 0.3 is 12.1 Å². The molecular formula is C16H27NO4. The van der Waals surface area contributed by atoms with Crippen LogP contribution in [0.2, 0.25) is 0 Å². The first-order valence-corrected chi connectivity index (χ1v) is 7.98. The van der Waals surface area contributed by atoms with Gasteiger partial charge in [0.25, 0.3) is 0 Å². The number of carbonyl (C=O) groups excluding carboxylic acids is 1. The van der Waals surface area contributed by atoms with Gasteiger partial charge in [-0.3, -0.25) is 4.79 Å². The molecule has 21 heavy (non-hydrogen) atoms. The molecule has 0 bridgehead atoms. The Labute approximate surface area is 126 Å². The van der Waals surface area contributed by atoms with Crippen molar-refractivity contribution in [2.45, 2.75) is 58.5 Å². The van der Waals surface area contributed by atoms with Crippen LogP contribution in [0.5, 0.6) is 0 Å². The second-order valence-electron chi connectivity index (χ2n) is 7.39. The number of ether oxygens (including phenoxy) is 1. The summed E-state index contributed by atoms with van der Waals surface area (Å²) >= 11 is 0. The van der Waals surface area contributed by atoms with Gasteiger partial charge in [0.05, 0.1) is 5.92 Å². The molecule has 1 aliphatic carbocycles. The number of aliphatic carboxylic acids is 1. The molecule has 1 saturated heterocycles. The molecule has 1 aliphatic heterocycles. The van der Waals surface area contributed by atoms with Crippen molar-refractivity contribution in [2.75, 3.05) is 13.1 Å². The Morgan fingerprint density at radius 1 is 1.10 bits per heavy atom. The van der Waals surface area contributed by atoms with Crippen LogP contribution in [0.15, 0.2) is 0 Å². The molecule has 2 rings (SSSR count). The fourth-order valence-electron chi connectivity index (χ4n) is 3.61. The maximum atomic E-state index is 12.2. The summed E-state index contributed by atoms with van der Waals surface area (Å²) in [5.41, 5.74) is -0.543. The van der Waals surface area contributed by atoms with Crippen LogP contribution in [-0.2, 0) is 9.53 Å². The minimum Gasteiger partial charge on any atom is -0.481 e. The lowest BCUT2D eigenvalue weighted by molar-refractivity contribution is -0.143. The van der Waals surface area contributed by atoms with Gasteiger partial charge in [-0.15, -0.1) is 0 Å². The van der Waals surface area contributed by atoms with E-state index in [2.05, 4.69) is 0 Å². The van der Waals surface area contributed by atoms with E-state index in [1.165, 1.54) is 19.3 Å². The van der Waals surface area contributed by atoms with Gasteiger partial charge in [0, 0.05) is 13.1 Å². The highest BCUT2D eigenvalue weighted by Gasteiger charge is 2.44. The largest absolute Gasteiger partial charge is 0.481 e. The second-order valence-corrected chi connectivity index (χ2v) is 7.39. The zero-order valence-corrected chi connectivity index (χ0v) is 13.3. The van der Waals surface area contributed by atoms with Crippen LogP contribution in [0, 0.1) is 17.8 Å². The molecule has 0 aromatic heterocycles. The standard InChI is InChI=1S/C16H27NO4/c1-16(2,3)21-15(20)17-9-12(13(10-17)14(18)19)11-7-5-4-6-8-11/h11-13H,4-10H2,1-3H3,(H,18,19). The number of hydrogen-bond donors (Lipinski definition) is 1. The third kappa shape index (κ3) is 4.11. The third-order valence-electron chi connectivity index (χ3n) is 4.59. The Bertz CT molecular complexity index is 396. The van der Waals surface area contributed by atoms with Gasteiger partial charge in [-0.2, -0.15) is 0 Å². The Balaban J connectivity index is 2.04. The van der Waals surface area contributed by atoms with Crippen LogP contribution < -0.4 is 0 Å². The van der Waals surface area contributed by atoms with E-state index in [-0.39, 0.29) is 18.6 Å². The van der Waals surface area contributed by atoms with Gasteiger partial charge < -0.3 is 14.7 Å². The van der Waals surface area contributed by atoms with Crippen LogP contribution in [0.3, 0.4) is 0 Å². The number of nitrogens with zero attached hydrogens (tertiary/aromatic N) is 1. The zero-order valence-electron chi connectivity index (χ0n) is 13.3. The minimum absolute atomic E-state index is 0.0790. The number of carbonyl (C=O) groups is 2. The summed E-state index contributed by atoms with van der Waals surface area (Å²) in [6, 6.07) is 0. The first-order chi connectivity index (χ1) is 9.78. The van der Waals surface area contributed by atoms with Crippen molar-refractivity contribution in [1.29, 1.82) is 0 Å². The number of likely N-dealkylation sites (tertiary alicyclic amines) is 1. The van der Waals surface area contributed by atoms with Crippen LogP contribution in [0.4, 0.5) is 4.79 Å². The number of rotatable bonds is 2. The Morgan fingerprint density at radius 3 is 2.24 bits per heavy atom. The third-order valence-corrected chi connectivity index (χ3v) is 4.59. The zero-order chi connectivity index (χ0) is 15.6. The number of carboxylic acid groups (broad SMARTS) is 1. The highest BCUT2D eigenvalue weighted by Crippen LogP contribution is 2.38. The van der Waals surface area contributed by atoms with Crippen LogP contribution in [0.1, 0.15) is 52.9 Å². The van der Waals surface area contributed by atoms with Crippen molar-refractivity contribution in [2.24, 2.45) is 17.8 Å². The first-order valence-electron chi connectivity index (χ1n) is 7.98. The molecule has 1 heterocycles. The summed E-state index contributed by atoms with van der Waals surface area (Å²) in [5.74, 6) is -0.708. The summed E-state index contributed by atoms with van der Waals surface area (Å²) in [7, 11) is 0. The predicted octanol–water partition coefficient (Wildman–Crippen LogP) is 3.13. The van der Waals surface area contributed by atoms with E-state index in [4.69, 9.17) is 4.74 Å². The second kappa shape index (κ2) is 6.24. The molecule has 2 fully saturated rings. The molecule has 120 valence electrons. The minimum atomic E-state index is -0.781. The maximum Gasteiger partial charge on any atom is 0.410 e. The van der Waals surface area contributed by atoms with E-state index in [1.54, 1.807) is 4.90 Å². The van der Waals surface area contributed by atoms with Crippen molar-refractivity contribution in [3.63, 3.8) is 0 Å². The maximum absolute atomic E-state index is 12.2. The average molecular weight is 297 g/mol. The van der Waals surface area contributed by atoms with E-state index in [1.807, 2.05) is 20.8 Å². The fourth-order valence-corrected chi connectivity index (χ4v) is 3.61. The van der Waals surface area contributed by atoms with E-state index in [0.717, 1.165) is 12.8 Å². The molecule has 0 aromatic carbocycles. The lowest BCUT2D eigenvalue weighted by atomic mass is 9.75. The molecule has 0 radical (unpaired) electrons. The summed E-state index contributed by atoms with van der Waals surface area (Å²) < 4.78 is 5.38. The van der Waals surface area contributed by atoms with Gasteiger partial charge in [0.1, 0.15) is 5.60 Å². The predicted molar refractivity (Wildman–Crippen MR) is 79.0 cm³/mol. The molecule has 0 aromatic rings. The molecule has 1 N–H and O–H groups in total. The Hall–Kier alpha value is -1.26. The summed E-state index contributed by atoms with van der Waals surface area (Å²) in [4.78, 5) is 25.3. The summed E-state index contributed by atoms with van der Waals surface area (Å²) in [5, 5.41) is 9.47. The Morgan fingerprint density at radius 2 is 1.71 bits per heavy atom. The average Bonchev–Trinajstić information content (AvgIpc) is 2.83. The van der Waals surface area contributed by atoms with Crippen LogP contribution in [0.25, 0.3) is 0 Å². The van der Waals surface area contributed by atoms with Gasteiger partial charge in [-0.25, -0.2) is 4.79 Å². The topological polar surface area (TPSA) is 66.8 Å². The molecule has 2 atom stereocenters. The molecular weight excluding hydrogens is 270 g/mol. The van der Waals surface area contributed by atoms with E-state index in [0.29, 0.717) is 12.5 Å². The Kier molecular flexibility index (Phi) is 4.79. The number of carboxylic acids is 1. The molecule has 5 nitrogen and oxygen atoms in total. The molecule has 2 aliphatic rings. The van der Waals surface area contributed by atoms with Gasteiger partial charge in [-0.1, -0.05) is 32.1 Å². The number of hydrogen-bond acceptors (Lipinski definition) is 3. The quantitative estimate of drug-likeness (QED) is 0.850. The monoisotopic (exact) mass is 297 g/mol. The fraction of sp³-hybridized carbons (Fsp3) is 0.875. The lowest BCUT2D eigenvalue weighted by Gasteiger charge is -2.29. The SMILES string of the molecule is CC(C)(C)OC(=O)N1CC(C(=O)O)C(C2CCCCC2)C1. The van der Waals surface area contributed by atoms with E-state index in [9.17, 15) is 14.7 Å². The highest BCUT2D eigenvalue weighted by atomic mass is 16.6. The van der Waals surface area contributed by atoms with Crippen molar-refractivity contribution < 1.29 is 19.4 Å². The molecule has 1 saturated carbocycles. The molecule has 0 spiro atoms. The van der Waals surface area contributed by atoms with Crippen molar-refractivity contribution >= 4 is 12.1 Å². The highest BCUT2D eigenvalue weighted by molar-refractivity contribution is 5.74. The number of amides is 1. The normalized spacial score (nSPS) is 27.7. The van der Waals surface area contributed by atoms with Crippen molar-refractivity contribution in [1.82, 2.24) is 4.90 Å². The van der Waals surface area contributed by atoms with Gasteiger partial charge in [0.15, 0.2) is 0 Å². The van der Waals surface area contributed by atoms with Crippen LogP contribution in [-0.4, -0.2) is 40.8 Å². The lowest BCUT2D eigenvalue weighted by Crippen LogP contribution is -2.36. The molecule has 2 unspecified atom stereocenters. The van der Waals surface area contributed by atoms with E-state index < -0.39 is 17.5 Å². The molecule has 5 heteroatoms. The van der Waals surface area contributed by atoms with Crippen molar-refractivity contribution in [3.05, 3.63) is 0 Å². The van der Waals surface area contributed by atoms with Gasteiger partial charge in [-0.05, 0) is 32.6 Å². The summed E-state index contributed by atoms with van der Waals surface area (Å²) in [6.07, 6.45) is 5.41. The van der Waals surface area contributed by atoms with Crippen LogP contribution >= 0.6 is 0 Å². The summed E-state index contributed by atoms with van der Waals surface area (Å²) in [6.45, 7) is 6.29. The van der Waals surface area contributed by atoms with Crippen molar-refractivity contribution in [3.8, 4) is 0 Å². The smallest absolute Gasteiger partial charge is 0.410 e.